The van der Waals surface area contributed by atoms with Gasteiger partial charge in [-0.15, -0.1) is 0 Å². The molecule has 21 heavy (non-hydrogen) atoms. The topological polar surface area (TPSA) is 69.2 Å². The number of halogens is 1. The molecule has 1 heterocycles. The van der Waals surface area contributed by atoms with Crippen LogP contribution in [0, 0.1) is 5.82 Å². The summed E-state index contributed by atoms with van der Waals surface area (Å²) in [5.41, 5.74) is 0.262. The Hall–Kier alpha value is -2.44. The molecule has 2 aromatic rings. The number of rotatable bonds is 6. The summed E-state index contributed by atoms with van der Waals surface area (Å²) in [7, 11) is 1.48. The van der Waals surface area contributed by atoms with Gasteiger partial charge in [-0.3, -0.25) is 0 Å². The zero-order valence-electron chi connectivity index (χ0n) is 12.2. The molecule has 1 aromatic carbocycles. The van der Waals surface area contributed by atoms with Gasteiger partial charge in [0.1, 0.15) is 11.6 Å². The molecule has 0 amide bonds. The minimum atomic E-state index is -0.467. The van der Waals surface area contributed by atoms with Crippen molar-refractivity contribution in [1.82, 2.24) is 15.0 Å². The van der Waals surface area contributed by atoms with E-state index < -0.39 is 5.82 Å². The Morgan fingerprint density at radius 1 is 1.19 bits per heavy atom. The van der Waals surface area contributed by atoms with Crippen LogP contribution in [-0.2, 0) is 0 Å². The number of aromatic nitrogens is 3. The molecular formula is C14H17FN4O2. The molecule has 0 fully saturated rings. The first-order valence-electron chi connectivity index (χ1n) is 6.64. The predicted molar refractivity (Wildman–Crippen MR) is 77.1 cm³/mol. The van der Waals surface area contributed by atoms with Gasteiger partial charge in [-0.2, -0.15) is 15.0 Å². The summed E-state index contributed by atoms with van der Waals surface area (Å²) >= 11 is 0. The number of nitrogens with one attached hydrogen (secondary N) is 1. The molecule has 1 aromatic heterocycles. The molecule has 0 aliphatic heterocycles. The lowest BCUT2D eigenvalue weighted by molar-refractivity contribution is 0.312. The van der Waals surface area contributed by atoms with Crippen molar-refractivity contribution in [1.29, 1.82) is 0 Å². The average Bonchev–Trinajstić information content (AvgIpc) is 2.47. The van der Waals surface area contributed by atoms with Crippen molar-refractivity contribution in [3.05, 3.63) is 24.0 Å². The fourth-order valence-electron chi connectivity index (χ4n) is 1.71. The molecule has 2 rings (SSSR count). The van der Waals surface area contributed by atoms with E-state index in [0.717, 1.165) is 0 Å². The third-order valence-electron chi connectivity index (χ3n) is 2.64. The Morgan fingerprint density at radius 2 is 2.00 bits per heavy atom. The maximum atomic E-state index is 14.1. The quantitative estimate of drug-likeness (QED) is 0.882. The van der Waals surface area contributed by atoms with Crippen molar-refractivity contribution in [3.8, 4) is 23.1 Å². The van der Waals surface area contributed by atoms with Crippen molar-refractivity contribution in [2.45, 2.75) is 13.8 Å². The molecule has 0 aliphatic rings. The van der Waals surface area contributed by atoms with Gasteiger partial charge in [0.05, 0.1) is 19.3 Å². The highest BCUT2D eigenvalue weighted by Gasteiger charge is 2.13. The number of nitrogens with zero attached hydrogens (tertiary/aromatic N) is 3. The number of hydrogen-bond donors (Lipinski definition) is 1. The summed E-state index contributed by atoms with van der Waals surface area (Å²) in [6.45, 7) is 4.79. The fraction of sp³-hybridized carbons (Fsp3) is 0.357. The number of hydrogen-bond acceptors (Lipinski definition) is 6. The lowest BCUT2D eigenvalue weighted by Crippen LogP contribution is -2.08. The van der Waals surface area contributed by atoms with Gasteiger partial charge in [0.25, 0.3) is 0 Å². The van der Waals surface area contributed by atoms with Crippen LogP contribution in [0.4, 0.5) is 10.3 Å². The molecule has 0 bridgehead atoms. The van der Waals surface area contributed by atoms with Crippen molar-refractivity contribution >= 4 is 5.95 Å². The lowest BCUT2D eigenvalue weighted by atomic mass is 10.2. The summed E-state index contributed by atoms with van der Waals surface area (Å²) in [5, 5.41) is 2.97. The van der Waals surface area contributed by atoms with Crippen LogP contribution in [0.3, 0.4) is 0 Å². The maximum Gasteiger partial charge on any atom is 0.321 e. The van der Waals surface area contributed by atoms with Crippen LogP contribution in [-0.4, -0.2) is 35.2 Å². The van der Waals surface area contributed by atoms with Crippen LogP contribution in [0.25, 0.3) is 11.4 Å². The van der Waals surface area contributed by atoms with Gasteiger partial charge in [-0.1, -0.05) is 0 Å². The van der Waals surface area contributed by atoms with E-state index in [1.165, 1.54) is 13.2 Å². The SMILES string of the molecule is CCNc1nc(OCC)nc(-c2ccc(OC)cc2F)n1. The molecule has 0 saturated heterocycles. The largest absolute Gasteiger partial charge is 0.497 e. The Morgan fingerprint density at radius 3 is 2.62 bits per heavy atom. The van der Waals surface area contributed by atoms with Crippen molar-refractivity contribution < 1.29 is 13.9 Å². The second-order valence-corrected chi connectivity index (χ2v) is 4.07. The summed E-state index contributed by atoms with van der Waals surface area (Å²) in [6.07, 6.45) is 0. The van der Waals surface area contributed by atoms with Crippen LogP contribution in [0.5, 0.6) is 11.8 Å². The normalized spacial score (nSPS) is 10.3. The Balaban J connectivity index is 2.46. The van der Waals surface area contributed by atoms with Gasteiger partial charge in [-0.05, 0) is 26.0 Å². The molecule has 0 atom stereocenters. The minimum Gasteiger partial charge on any atom is -0.497 e. The van der Waals surface area contributed by atoms with Gasteiger partial charge in [-0.25, -0.2) is 4.39 Å². The Bertz CT molecular complexity index is 598. The van der Waals surface area contributed by atoms with E-state index in [-0.39, 0.29) is 17.4 Å². The van der Waals surface area contributed by atoms with Gasteiger partial charge in [0, 0.05) is 12.6 Å². The van der Waals surface area contributed by atoms with E-state index in [1.807, 2.05) is 13.8 Å². The van der Waals surface area contributed by atoms with Gasteiger partial charge >= 0.3 is 6.01 Å². The highest BCUT2D eigenvalue weighted by molar-refractivity contribution is 5.58. The van der Waals surface area contributed by atoms with Crippen LogP contribution in [0.2, 0.25) is 0 Å². The first-order chi connectivity index (χ1) is 10.2. The third kappa shape index (κ3) is 3.56. The molecule has 0 aliphatic carbocycles. The highest BCUT2D eigenvalue weighted by atomic mass is 19.1. The Kier molecular flexibility index (Phi) is 4.86. The number of benzene rings is 1. The van der Waals surface area contributed by atoms with E-state index in [9.17, 15) is 4.39 Å². The monoisotopic (exact) mass is 292 g/mol. The fourth-order valence-corrected chi connectivity index (χ4v) is 1.71. The molecular weight excluding hydrogens is 275 g/mol. The van der Waals surface area contributed by atoms with Crippen LogP contribution < -0.4 is 14.8 Å². The smallest absolute Gasteiger partial charge is 0.321 e. The van der Waals surface area contributed by atoms with Crippen molar-refractivity contribution in [3.63, 3.8) is 0 Å². The predicted octanol–water partition coefficient (Wildman–Crippen LogP) is 2.52. The van der Waals surface area contributed by atoms with Crippen molar-refractivity contribution in [2.24, 2.45) is 0 Å². The standard InChI is InChI=1S/C14H17FN4O2/c1-4-16-13-17-12(18-14(19-13)21-5-2)10-7-6-9(20-3)8-11(10)15/h6-8H,4-5H2,1-3H3,(H,16,17,18,19). The lowest BCUT2D eigenvalue weighted by Gasteiger charge is -2.09. The molecule has 7 heteroatoms. The summed E-state index contributed by atoms with van der Waals surface area (Å²) < 4.78 is 24.4. The second-order valence-electron chi connectivity index (χ2n) is 4.07. The molecule has 0 spiro atoms. The molecule has 0 unspecified atom stereocenters. The van der Waals surface area contributed by atoms with E-state index in [0.29, 0.717) is 24.8 Å². The number of methoxy groups -OCH3 is 1. The maximum absolute atomic E-state index is 14.1. The van der Waals surface area contributed by atoms with Crippen LogP contribution in [0.15, 0.2) is 18.2 Å². The molecule has 1 N–H and O–H groups in total. The van der Waals surface area contributed by atoms with E-state index >= 15 is 0 Å². The van der Waals surface area contributed by atoms with E-state index in [1.54, 1.807) is 12.1 Å². The second kappa shape index (κ2) is 6.83. The summed E-state index contributed by atoms with van der Waals surface area (Å²) in [6, 6.07) is 4.66. The third-order valence-corrected chi connectivity index (χ3v) is 2.64. The Labute approximate surface area is 122 Å². The van der Waals surface area contributed by atoms with Gasteiger partial charge in [0.2, 0.25) is 5.95 Å². The highest BCUT2D eigenvalue weighted by Crippen LogP contribution is 2.25. The van der Waals surface area contributed by atoms with E-state index in [4.69, 9.17) is 9.47 Å². The summed E-state index contributed by atoms with van der Waals surface area (Å²) in [4.78, 5) is 12.4. The van der Waals surface area contributed by atoms with Crippen LogP contribution >= 0.6 is 0 Å². The van der Waals surface area contributed by atoms with Crippen LogP contribution in [0.1, 0.15) is 13.8 Å². The molecule has 6 nitrogen and oxygen atoms in total. The average molecular weight is 292 g/mol. The van der Waals surface area contributed by atoms with Gasteiger partial charge < -0.3 is 14.8 Å². The number of ether oxygens (including phenoxy) is 2. The number of anilines is 1. The molecule has 0 saturated carbocycles. The van der Waals surface area contributed by atoms with Gasteiger partial charge in [0.15, 0.2) is 5.82 Å². The molecule has 112 valence electrons. The minimum absolute atomic E-state index is 0.161. The zero-order valence-corrected chi connectivity index (χ0v) is 12.2. The first kappa shape index (κ1) is 15.0. The van der Waals surface area contributed by atoms with E-state index in [2.05, 4.69) is 20.3 Å². The zero-order chi connectivity index (χ0) is 15.2. The first-order valence-corrected chi connectivity index (χ1v) is 6.64. The summed E-state index contributed by atoms with van der Waals surface area (Å²) in [5.74, 6) is 0.526. The van der Waals surface area contributed by atoms with Crippen molar-refractivity contribution in [2.75, 3.05) is 25.6 Å². The molecule has 0 radical (unpaired) electrons.